The molecule has 0 aliphatic rings. The van der Waals surface area contributed by atoms with Crippen molar-refractivity contribution in [2.75, 3.05) is 6.54 Å². The first-order chi connectivity index (χ1) is 7.06. The number of alkyl halides is 1. The van der Waals surface area contributed by atoms with Crippen LogP contribution in [0.4, 0.5) is 4.39 Å². The number of likely N-dealkylation sites (N-methyl/N-ethyl adjacent to an activating group) is 1. The summed E-state index contributed by atoms with van der Waals surface area (Å²) >= 11 is 8.94. The van der Waals surface area contributed by atoms with Crippen molar-refractivity contribution in [1.29, 1.82) is 0 Å². The molecule has 1 unspecified atom stereocenters. The Morgan fingerprint density at radius 2 is 2.33 bits per heavy atom. The maximum absolute atomic E-state index is 12.9. The lowest BCUT2D eigenvalue weighted by Crippen LogP contribution is -2.26. The molecule has 15 heavy (non-hydrogen) atoms. The SMILES string of the molecule is CCNC(=O)C(Cl)c1ccc(F)c(Br)c1. The first kappa shape index (κ1) is 12.5. The molecule has 1 aromatic rings. The number of benzene rings is 1. The highest BCUT2D eigenvalue weighted by molar-refractivity contribution is 9.10. The number of halogens is 3. The fourth-order valence-corrected chi connectivity index (χ4v) is 1.69. The molecule has 0 fully saturated rings. The molecule has 1 rings (SSSR count). The second-order valence-corrected chi connectivity index (χ2v) is 4.22. The van der Waals surface area contributed by atoms with Crippen molar-refractivity contribution < 1.29 is 9.18 Å². The summed E-state index contributed by atoms with van der Waals surface area (Å²) in [4.78, 5) is 11.4. The average Bonchev–Trinajstić information content (AvgIpc) is 2.21. The van der Waals surface area contributed by atoms with E-state index in [1.807, 2.05) is 6.92 Å². The van der Waals surface area contributed by atoms with Crippen molar-refractivity contribution >= 4 is 33.4 Å². The molecule has 0 aromatic heterocycles. The number of carbonyl (C=O) groups excluding carboxylic acids is 1. The van der Waals surface area contributed by atoms with Crippen LogP contribution in [0.2, 0.25) is 0 Å². The Bertz CT molecular complexity index is 372. The maximum atomic E-state index is 12.9. The highest BCUT2D eigenvalue weighted by atomic mass is 79.9. The molecule has 0 saturated carbocycles. The van der Waals surface area contributed by atoms with Gasteiger partial charge in [-0.1, -0.05) is 6.07 Å². The molecule has 0 radical (unpaired) electrons. The molecule has 82 valence electrons. The summed E-state index contributed by atoms with van der Waals surface area (Å²) < 4.78 is 13.2. The Morgan fingerprint density at radius 1 is 1.67 bits per heavy atom. The van der Waals surface area contributed by atoms with Gasteiger partial charge >= 0.3 is 0 Å². The molecule has 1 amide bonds. The van der Waals surface area contributed by atoms with Gasteiger partial charge in [-0.2, -0.15) is 0 Å². The van der Waals surface area contributed by atoms with E-state index in [2.05, 4.69) is 21.2 Å². The number of hydrogen-bond donors (Lipinski definition) is 1. The largest absolute Gasteiger partial charge is 0.355 e. The predicted molar refractivity (Wildman–Crippen MR) is 61.4 cm³/mol. The van der Waals surface area contributed by atoms with E-state index < -0.39 is 5.38 Å². The van der Waals surface area contributed by atoms with Gasteiger partial charge in [0, 0.05) is 6.54 Å². The Hall–Kier alpha value is -0.610. The normalized spacial score (nSPS) is 12.3. The molecule has 0 spiro atoms. The van der Waals surface area contributed by atoms with Gasteiger partial charge in [0.15, 0.2) is 0 Å². The van der Waals surface area contributed by atoms with Crippen molar-refractivity contribution in [3.8, 4) is 0 Å². The molecular weight excluding hydrogens is 284 g/mol. The van der Waals surface area contributed by atoms with E-state index in [9.17, 15) is 9.18 Å². The predicted octanol–water partition coefficient (Wildman–Crippen LogP) is 3.00. The number of nitrogens with one attached hydrogen (secondary N) is 1. The monoisotopic (exact) mass is 293 g/mol. The van der Waals surface area contributed by atoms with Crippen LogP contribution in [0.15, 0.2) is 22.7 Å². The first-order valence-corrected chi connectivity index (χ1v) is 5.66. The quantitative estimate of drug-likeness (QED) is 0.853. The van der Waals surface area contributed by atoms with Gasteiger partial charge in [-0.25, -0.2) is 4.39 Å². The van der Waals surface area contributed by atoms with Crippen LogP contribution in [-0.2, 0) is 4.79 Å². The van der Waals surface area contributed by atoms with Crippen LogP contribution in [-0.4, -0.2) is 12.5 Å². The number of hydrogen-bond acceptors (Lipinski definition) is 1. The zero-order valence-corrected chi connectivity index (χ0v) is 10.4. The molecule has 1 N–H and O–H groups in total. The van der Waals surface area contributed by atoms with Crippen molar-refractivity contribution in [3.63, 3.8) is 0 Å². The Kier molecular flexibility index (Phi) is 4.54. The third-order valence-corrected chi connectivity index (χ3v) is 2.88. The summed E-state index contributed by atoms with van der Waals surface area (Å²) in [5, 5.41) is 1.81. The standard InChI is InChI=1S/C10H10BrClFNO/c1-2-14-10(15)9(12)6-3-4-8(13)7(11)5-6/h3-5,9H,2H2,1H3,(H,14,15). The van der Waals surface area contributed by atoms with E-state index in [1.165, 1.54) is 18.2 Å². The van der Waals surface area contributed by atoms with Crippen LogP contribution in [0.1, 0.15) is 17.9 Å². The van der Waals surface area contributed by atoms with Crippen LogP contribution in [0.3, 0.4) is 0 Å². The smallest absolute Gasteiger partial charge is 0.242 e. The van der Waals surface area contributed by atoms with E-state index in [1.54, 1.807) is 0 Å². The second-order valence-electron chi connectivity index (χ2n) is 2.93. The van der Waals surface area contributed by atoms with Crippen LogP contribution < -0.4 is 5.32 Å². The third-order valence-electron chi connectivity index (χ3n) is 1.82. The van der Waals surface area contributed by atoms with E-state index in [4.69, 9.17) is 11.6 Å². The van der Waals surface area contributed by atoms with Gasteiger partial charge in [-0.05, 0) is 40.5 Å². The van der Waals surface area contributed by atoms with Crippen LogP contribution in [0.25, 0.3) is 0 Å². The van der Waals surface area contributed by atoms with Gasteiger partial charge in [0.05, 0.1) is 4.47 Å². The van der Waals surface area contributed by atoms with Crippen molar-refractivity contribution in [1.82, 2.24) is 5.32 Å². The minimum atomic E-state index is -0.790. The summed E-state index contributed by atoms with van der Waals surface area (Å²) in [6.45, 7) is 2.33. The molecule has 1 atom stereocenters. The van der Waals surface area contributed by atoms with Crippen molar-refractivity contribution in [2.24, 2.45) is 0 Å². The second kappa shape index (κ2) is 5.47. The maximum Gasteiger partial charge on any atom is 0.242 e. The Balaban J connectivity index is 2.86. The zero-order valence-electron chi connectivity index (χ0n) is 8.06. The number of carbonyl (C=O) groups is 1. The van der Waals surface area contributed by atoms with E-state index >= 15 is 0 Å². The van der Waals surface area contributed by atoms with Gasteiger partial charge < -0.3 is 5.32 Å². The van der Waals surface area contributed by atoms with Crippen LogP contribution in [0, 0.1) is 5.82 Å². The van der Waals surface area contributed by atoms with Gasteiger partial charge in [-0.3, -0.25) is 4.79 Å². The van der Waals surface area contributed by atoms with E-state index in [-0.39, 0.29) is 11.7 Å². The van der Waals surface area contributed by atoms with Crippen molar-refractivity contribution in [2.45, 2.75) is 12.3 Å². The molecule has 0 saturated heterocycles. The Morgan fingerprint density at radius 3 is 2.87 bits per heavy atom. The summed E-state index contributed by atoms with van der Waals surface area (Å²) in [6.07, 6.45) is 0. The third kappa shape index (κ3) is 3.18. The van der Waals surface area contributed by atoms with Gasteiger partial charge in [0.2, 0.25) is 5.91 Å². The fourth-order valence-electron chi connectivity index (χ4n) is 1.09. The molecule has 0 heterocycles. The fraction of sp³-hybridized carbons (Fsp3) is 0.300. The summed E-state index contributed by atoms with van der Waals surface area (Å²) in [5.41, 5.74) is 0.566. The van der Waals surface area contributed by atoms with Gasteiger partial charge in [0.1, 0.15) is 11.2 Å². The highest BCUT2D eigenvalue weighted by Gasteiger charge is 2.17. The molecule has 1 aromatic carbocycles. The lowest BCUT2D eigenvalue weighted by atomic mass is 10.1. The minimum Gasteiger partial charge on any atom is -0.355 e. The molecule has 5 heteroatoms. The summed E-state index contributed by atoms with van der Waals surface area (Å²) in [5.74, 6) is -0.656. The lowest BCUT2D eigenvalue weighted by Gasteiger charge is -2.09. The molecule has 0 aliphatic heterocycles. The van der Waals surface area contributed by atoms with E-state index in [0.717, 1.165) is 0 Å². The van der Waals surface area contributed by atoms with E-state index in [0.29, 0.717) is 16.6 Å². The van der Waals surface area contributed by atoms with Crippen LogP contribution >= 0.6 is 27.5 Å². The minimum absolute atomic E-state index is 0.280. The zero-order chi connectivity index (χ0) is 11.4. The van der Waals surface area contributed by atoms with Gasteiger partial charge in [-0.15, -0.1) is 11.6 Å². The number of rotatable bonds is 3. The Labute approximate surface area is 101 Å². The molecule has 0 aliphatic carbocycles. The first-order valence-electron chi connectivity index (χ1n) is 4.43. The highest BCUT2D eigenvalue weighted by Crippen LogP contribution is 2.25. The molecule has 0 bridgehead atoms. The van der Waals surface area contributed by atoms with Crippen LogP contribution in [0.5, 0.6) is 0 Å². The van der Waals surface area contributed by atoms with Crippen molar-refractivity contribution in [3.05, 3.63) is 34.1 Å². The summed E-state index contributed by atoms with van der Waals surface area (Å²) in [6, 6.07) is 4.27. The average molecular weight is 295 g/mol. The molecular formula is C10H10BrClFNO. The van der Waals surface area contributed by atoms with Gasteiger partial charge in [0.25, 0.3) is 0 Å². The number of amides is 1. The molecule has 2 nitrogen and oxygen atoms in total. The topological polar surface area (TPSA) is 29.1 Å². The lowest BCUT2D eigenvalue weighted by molar-refractivity contribution is -0.120. The summed E-state index contributed by atoms with van der Waals surface area (Å²) in [7, 11) is 0.